The fourth-order valence-electron chi connectivity index (χ4n) is 1.09. The van der Waals surface area contributed by atoms with Crippen LogP contribution in [0.3, 0.4) is 0 Å². The molecule has 2 N–H and O–H groups in total. The van der Waals surface area contributed by atoms with Crippen LogP contribution in [0.5, 0.6) is 0 Å². The third kappa shape index (κ3) is 4.16. The molecule has 1 rings (SSSR count). The van der Waals surface area contributed by atoms with Crippen molar-refractivity contribution in [2.75, 3.05) is 6.61 Å². The van der Waals surface area contributed by atoms with Crippen molar-refractivity contribution in [1.29, 1.82) is 0 Å². The van der Waals surface area contributed by atoms with Crippen LogP contribution in [0.2, 0.25) is 5.02 Å². The second-order valence-electron chi connectivity index (χ2n) is 4.18. The summed E-state index contributed by atoms with van der Waals surface area (Å²) in [5, 5.41) is 0.379. The van der Waals surface area contributed by atoms with Crippen molar-refractivity contribution in [3.63, 3.8) is 0 Å². The molecule has 0 saturated heterocycles. The summed E-state index contributed by atoms with van der Waals surface area (Å²) in [5.41, 5.74) is 5.68. The highest BCUT2D eigenvalue weighted by Gasteiger charge is 2.12. The van der Waals surface area contributed by atoms with Gasteiger partial charge in [0.2, 0.25) is 0 Å². The average Bonchev–Trinajstić information content (AvgIpc) is 2.08. The molecule has 0 aliphatic carbocycles. The summed E-state index contributed by atoms with van der Waals surface area (Å²) in [6, 6.07) is 4.56. The molecular weight excluding hydrogens is 217 g/mol. The molecule has 0 aromatic heterocycles. The number of benzene rings is 1. The van der Waals surface area contributed by atoms with Gasteiger partial charge in [-0.3, -0.25) is 0 Å². The summed E-state index contributed by atoms with van der Waals surface area (Å²) in [4.78, 5) is 0. The molecule has 4 heteroatoms. The third-order valence-corrected chi connectivity index (χ3v) is 2.14. The first-order valence-electron chi connectivity index (χ1n) is 4.70. The minimum Gasteiger partial charge on any atom is -0.375 e. The standard InChI is InChI=1S/C11H15ClFNO/c1-11(2,14)7-15-6-8-9(12)4-3-5-10(8)13/h3-5H,6-7,14H2,1-2H3. The molecule has 0 fully saturated rings. The van der Waals surface area contributed by atoms with Crippen LogP contribution < -0.4 is 5.73 Å². The predicted molar refractivity (Wildman–Crippen MR) is 59.3 cm³/mol. The molecule has 0 aliphatic heterocycles. The maximum atomic E-state index is 13.3. The maximum Gasteiger partial charge on any atom is 0.130 e. The molecular formula is C11H15ClFNO. The quantitative estimate of drug-likeness (QED) is 0.865. The highest BCUT2D eigenvalue weighted by atomic mass is 35.5. The fourth-order valence-corrected chi connectivity index (χ4v) is 1.30. The molecule has 0 aliphatic rings. The van der Waals surface area contributed by atoms with E-state index in [-0.39, 0.29) is 12.4 Å². The Bertz CT molecular complexity index is 316. The highest BCUT2D eigenvalue weighted by Crippen LogP contribution is 2.19. The van der Waals surface area contributed by atoms with Gasteiger partial charge in [-0.2, -0.15) is 0 Å². The molecule has 0 heterocycles. The van der Waals surface area contributed by atoms with Crippen LogP contribution in [0.1, 0.15) is 19.4 Å². The smallest absolute Gasteiger partial charge is 0.130 e. The van der Waals surface area contributed by atoms with Crippen LogP contribution in [0.25, 0.3) is 0 Å². The number of ether oxygens (including phenoxy) is 1. The Kier molecular flexibility index (Phi) is 4.08. The Hall–Kier alpha value is -0.640. The van der Waals surface area contributed by atoms with Gasteiger partial charge in [0.1, 0.15) is 5.82 Å². The maximum absolute atomic E-state index is 13.3. The summed E-state index contributed by atoms with van der Waals surface area (Å²) in [7, 11) is 0. The molecule has 0 bridgehead atoms. The summed E-state index contributed by atoms with van der Waals surface area (Å²) in [6.07, 6.45) is 0. The van der Waals surface area contributed by atoms with Crippen LogP contribution in [0.15, 0.2) is 18.2 Å². The molecule has 0 atom stereocenters. The Balaban J connectivity index is 2.58. The van der Waals surface area contributed by atoms with Crippen molar-refractivity contribution < 1.29 is 9.13 Å². The zero-order chi connectivity index (χ0) is 11.5. The van der Waals surface area contributed by atoms with E-state index in [1.807, 2.05) is 13.8 Å². The first-order chi connectivity index (χ1) is 6.90. The van der Waals surface area contributed by atoms with Crippen molar-refractivity contribution >= 4 is 11.6 Å². The van der Waals surface area contributed by atoms with Gasteiger partial charge in [0, 0.05) is 16.1 Å². The minimum absolute atomic E-state index is 0.145. The fraction of sp³-hybridized carbons (Fsp3) is 0.455. The Morgan fingerprint density at radius 1 is 1.47 bits per heavy atom. The number of rotatable bonds is 4. The molecule has 0 unspecified atom stereocenters. The Morgan fingerprint density at radius 3 is 2.67 bits per heavy atom. The summed E-state index contributed by atoms with van der Waals surface area (Å²) >= 11 is 5.83. The zero-order valence-corrected chi connectivity index (χ0v) is 9.64. The van der Waals surface area contributed by atoms with E-state index in [0.29, 0.717) is 17.2 Å². The Morgan fingerprint density at radius 2 is 2.13 bits per heavy atom. The monoisotopic (exact) mass is 231 g/mol. The van der Waals surface area contributed by atoms with Gasteiger partial charge in [-0.25, -0.2) is 4.39 Å². The van der Waals surface area contributed by atoms with E-state index < -0.39 is 5.54 Å². The molecule has 0 radical (unpaired) electrons. The van der Waals surface area contributed by atoms with E-state index >= 15 is 0 Å². The number of halogens is 2. The topological polar surface area (TPSA) is 35.2 Å². The van der Waals surface area contributed by atoms with Crippen LogP contribution in [-0.2, 0) is 11.3 Å². The van der Waals surface area contributed by atoms with Gasteiger partial charge < -0.3 is 10.5 Å². The van der Waals surface area contributed by atoms with E-state index in [9.17, 15) is 4.39 Å². The third-order valence-electron chi connectivity index (χ3n) is 1.78. The Labute approximate surface area is 94.2 Å². The largest absolute Gasteiger partial charge is 0.375 e. The lowest BCUT2D eigenvalue weighted by Gasteiger charge is -2.18. The highest BCUT2D eigenvalue weighted by molar-refractivity contribution is 6.31. The van der Waals surface area contributed by atoms with E-state index in [4.69, 9.17) is 22.1 Å². The van der Waals surface area contributed by atoms with Gasteiger partial charge in [-0.05, 0) is 26.0 Å². The lowest BCUT2D eigenvalue weighted by Crippen LogP contribution is -2.37. The summed E-state index contributed by atoms with van der Waals surface area (Å²) in [6.45, 7) is 4.19. The number of nitrogens with two attached hydrogens (primary N) is 1. The normalized spacial score (nSPS) is 11.8. The molecule has 1 aromatic carbocycles. The molecule has 0 saturated carbocycles. The van der Waals surface area contributed by atoms with E-state index in [1.54, 1.807) is 12.1 Å². The van der Waals surface area contributed by atoms with E-state index in [1.165, 1.54) is 6.07 Å². The summed E-state index contributed by atoms with van der Waals surface area (Å²) < 4.78 is 18.6. The first-order valence-corrected chi connectivity index (χ1v) is 5.07. The second-order valence-corrected chi connectivity index (χ2v) is 4.59. The second kappa shape index (κ2) is 4.92. The van der Waals surface area contributed by atoms with Gasteiger partial charge in [-0.15, -0.1) is 0 Å². The predicted octanol–water partition coefficient (Wildman–Crippen LogP) is 2.73. The molecule has 84 valence electrons. The van der Waals surface area contributed by atoms with E-state index in [0.717, 1.165) is 0 Å². The molecule has 0 spiro atoms. The van der Waals surface area contributed by atoms with Crippen molar-refractivity contribution in [1.82, 2.24) is 0 Å². The first kappa shape index (κ1) is 12.4. The molecule has 15 heavy (non-hydrogen) atoms. The van der Waals surface area contributed by atoms with Crippen molar-refractivity contribution in [3.8, 4) is 0 Å². The molecule has 1 aromatic rings. The number of hydrogen-bond donors (Lipinski definition) is 1. The van der Waals surface area contributed by atoms with Crippen molar-refractivity contribution in [2.45, 2.75) is 26.0 Å². The van der Waals surface area contributed by atoms with Crippen LogP contribution in [0, 0.1) is 5.82 Å². The van der Waals surface area contributed by atoms with Gasteiger partial charge in [-0.1, -0.05) is 17.7 Å². The summed E-state index contributed by atoms with van der Waals surface area (Å²) in [5.74, 6) is -0.350. The van der Waals surface area contributed by atoms with Gasteiger partial charge in [0.15, 0.2) is 0 Å². The molecule has 2 nitrogen and oxygen atoms in total. The van der Waals surface area contributed by atoms with Crippen LogP contribution in [-0.4, -0.2) is 12.1 Å². The average molecular weight is 232 g/mol. The van der Waals surface area contributed by atoms with Gasteiger partial charge >= 0.3 is 0 Å². The van der Waals surface area contributed by atoms with Crippen LogP contribution >= 0.6 is 11.6 Å². The minimum atomic E-state index is -0.419. The zero-order valence-electron chi connectivity index (χ0n) is 8.89. The van der Waals surface area contributed by atoms with E-state index in [2.05, 4.69) is 0 Å². The van der Waals surface area contributed by atoms with Gasteiger partial charge in [0.25, 0.3) is 0 Å². The van der Waals surface area contributed by atoms with Crippen molar-refractivity contribution in [3.05, 3.63) is 34.6 Å². The lowest BCUT2D eigenvalue weighted by atomic mass is 10.1. The molecule has 0 amide bonds. The SMILES string of the molecule is CC(C)(N)COCc1c(F)cccc1Cl. The van der Waals surface area contributed by atoms with Crippen LogP contribution in [0.4, 0.5) is 4.39 Å². The lowest BCUT2D eigenvalue weighted by molar-refractivity contribution is 0.0833. The van der Waals surface area contributed by atoms with Crippen molar-refractivity contribution in [2.24, 2.45) is 5.73 Å². The number of hydrogen-bond acceptors (Lipinski definition) is 2. The van der Waals surface area contributed by atoms with Gasteiger partial charge in [0.05, 0.1) is 13.2 Å².